The van der Waals surface area contributed by atoms with Crippen LogP contribution in [0.4, 0.5) is 5.69 Å². The maximum Gasteiger partial charge on any atom is 0.255 e. The second kappa shape index (κ2) is 5.32. The van der Waals surface area contributed by atoms with Crippen LogP contribution in [0.25, 0.3) is 0 Å². The minimum absolute atomic E-state index is 0.229. The van der Waals surface area contributed by atoms with Crippen LogP contribution in [0.3, 0.4) is 0 Å². The van der Waals surface area contributed by atoms with Crippen LogP contribution < -0.4 is 4.90 Å². The summed E-state index contributed by atoms with van der Waals surface area (Å²) in [6.07, 6.45) is 0.287. The van der Waals surface area contributed by atoms with Gasteiger partial charge in [-0.25, -0.2) is 0 Å². The molecule has 1 aliphatic rings. The average molecular weight is 309 g/mol. The number of anilines is 1. The smallest absolute Gasteiger partial charge is 0.255 e. The molecule has 0 N–H and O–H groups in total. The van der Waals surface area contributed by atoms with Gasteiger partial charge in [0.25, 0.3) is 5.91 Å². The Morgan fingerprint density at radius 1 is 1.14 bits per heavy atom. The number of benzene rings is 2. The number of nitrogens with zero attached hydrogens (tertiary/aromatic N) is 2. The van der Waals surface area contributed by atoms with Crippen molar-refractivity contribution < 1.29 is 4.79 Å². The Kier molecular flexibility index (Phi) is 3.48. The Balaban J connectivity index is 2.20. The van der Waals surface area contributed by atoms with Crippen LogP contribution in [-0.2, 0) is 10.3 Å². The molecule has 108 valence electrons. The highest BCUT2D eigenvalue weighted by Gasteiger charge is 2.50. The molecule has 1 saturated heterocycles. The van der Waals surface area contributed by atoms with Crippen LogP contribution in [0.2, 0.25) is 5.02 Å². The minimum Gasteiger partial charge on any atom is -0.285 e. The predicted molar refractivity (Wildman–Crippen MR) is 86.4 cm³/mol. The molecule has 0 saturated carbocycles. The molecule has 3 nitrogen and oxygen atoms in total. The lowest BCUT2D eigenvalue weighted by Crippen LogP contribution is -2.42. The number of hydrogen-bond acceptors (Lipinski definition) is 2. The topological polar surface area (TPSA) is 44.1 Å². The molecule has 0 radical (unpaired) electrons. The molecule has 2 aromatic rings. The molecule has 2 aromatic carbocycles. The second-order valence-electron chi connectivity index (χ2n) is 5.24. The highest BCUT2D eigenvalue weighted by Crippen LogP contribution is 2.44. The zero-order valence-electron chi connectivity index (χ0n) is 11.8. The maximum absolute atomic E-state index is 12.6. The minimum atomic E-state index is -1.07. The molecule has 1 atom stereocenters. The fourth-order valence-corrected chi connectivity index (χ4v) is 2.95. The lowest BCUT2D eigenvalue weighted by atomic mass is 9.87. The molecule has 1 fully saturated rings. The molecule has 1 amide bonds. The highest BCUT2D eigenvalue weighted by atomic mass is 35.5. The first-order chi connectivity index (χ1) is 10.6. The number of hydrogen-bond donors (Lipinski definition) is 0. The van der Waals surface area contributed by atoms with Gasteiger partial charge in [0, 0.05) is 22.7 Å². The summed E-state index contributed by atoms with van der Waals surface area (Å²) in [6.45, 7) is 3.83. The van der Waals surface area contributed by atoms with Gasteiger partial charge in [0.05, 0.1) is 6.07 Å². The van der Waals surface area contributed by atoms with E-state index in [2.05, 4.69) is 12.6 Å². The third-order valence-electron chi connectivity index (χ3n) is 3.88. The molecule has 1 aliphatic heterocycles. The van der Waals surface area contributed by atoms with Crippen molar-refractivity contribution in [2.24, 2.45) is 0 Å². The SMILES string of the molecule is C=C1CC(C#N)(c2ccccc2)N(c2ccc(Cl)cc2)C1=O. The van der Waals surface area contributed by atoms with Gasteiger partial charge in [-0.2, -0.15) is 5.26 Å². The quantitative estimate of drug-likeness (QED) is 0.786. The maximum atomic E-state index is 12.6. The van der Waals surface area contributed by atoms with Crippen molar-refractivity contribution in [3.05, 3.63) is 77.3 Å². The first kappa shape index (κ1) is 14.4. The average Bonchev–Trinajstić information content (AvgIpc) is 2.81. The lowest BCUT2D eigenvalue weighted by Gasteiger charge is -2.32. The number of rotatable bonds is 2. The van der Waals surface area contributed by atoms with E-state index in [0.717, 1.165) is 5.56 Å². The standard InChI is InChI=1S/C18H13ClN2O/c1-13-11-18(12-20,14-5-3-2-4-6-14)21(17(13)22)16-9-7-15(19)8-10-16/h2-10H,1,11H2. The number of halogens is 1. The Hall–Kier alpha value is -2.57. The molecule has 22 heavy (non-hydrogen) atoms. The Morgan fingerprint density at radius 2 is 1.77 bits per heavy atom. The number of amides is 1. The van der Waals surface area contributed by atoms with Gasteiger partial charge in [-0.3, -0.25) is 9.69 Å². The van der Waals surface area contributed by atoms with Gasteiger partial charge in [-0.15, -0.1) is 0 Å². The van der Waals surface area contributed by atoms with Gasteiger partial charge in [-0.05, 0) is 29.8 Å². The Bertz CT molecular complexity index is 777. The van der Waals surface area contributed by atoms with Crippen LogP contribution in [0.5, 0.6) is 0 Å². The number of carbonyl (C=O) groups is 1. The zero-order chi connectivity index (χ0) is 15.7. The third kappa shape index (κ3) is 2.09. The van der Waals surface area contributed by atoms with Gasteiger partial charge in [-0.1, -0.05) is 48.5 Å². The first-order valence-corrected chi connectivity index (χ1v) is 7.21. The summed E-state index contributed by atoms with van der Waals surface area (Å²) >= 11 is 5.92. The molecule has 0 bridgehead atoms. The summed E-state index contributed by atoms with van der Waals surface area (Å²) in [4.78, 5) is 14.1. The summed E-state index contributed by atoms with van der Waals surface area (Å²) in [7, 11) is 0. The summed E-state index contributed by atoms with van der Waals surface area (Å²) in [5, 5.41) is 10.5. The van der Waals surface area contributed by atoms with E-state index < -0.39 is 5.54 Å². The van der Waals surface area contributed by atoms with E-state index in [-0.39, 0.29) is 12.3 Å². The molecule has 0 aliphatic carbocycles. The van der Waals surface area contributed by atoms with E-state index in [0.29, 0.717) is 16.3 Å². The first-order valence-electron chi connectivity index (χ1n) is 6.83. The van der Waals surface area contributed by atoms with Crippen molar-refractivity contribution in [1.29, 1.82) is 5.26 Å². The van der Waals surface area contributed by atoms with Crippen molar-refractivity contribution in [1.82, 2.24) is 0 Å². The van der Waals surface area contributed by atoms with Crippen molar-refractivity contribution in [2.45, 2.75) is 12.0 Å². The zero-order valence-corrected chi connectivity index (χ0v) is 12.5. The normalized spacial score (nSPS) is 21.0. The van der Waals surface area contributed by atoms with Gasteiger partial charge in [0.2, 0.25) is 0 Å². The summed E-state index contributed by atoms with van der Waals surface area (Å²) in [6, 6.07) is 18.6. The van der Waals surface area contributed by atoms with Crippen molar-refractivity contribution in [3.8, 4) is 6.07 Å². The number of carbonyl (C=O) groups excluding carboxylic acids is 1. The Morgan fingerprint density at radius 3 is 2.36 bits per heavy atom. The largest absolute Gasteiger partial charge is 0.285 e. The van der Waals surface area contributed by atoms with Gasteiger partial charge in [0.1, 0.15) is 0 Å². The fraction of sp³-hybridized carbons (Fsp3) is 0.111. The highest BCUT2D eigenvalue weighted by molar-refractivity contribution is 6.30. The fourth-order valence-electron chi connectivity index (χ4n) is 2.82. The van der Waals surface area contributed by atoms with Gasteiger partial charge >= 0.3 is 0 Å². The van der Waals surface area contributed by atoms with Crippen LogP contribution in [0, 0.1) is 11.3 Å². The van der Waals surface area contributed by atoms with Crippen LogP contribution in [0.15, 0.2) is 66.7 Å². The van der Waals surface area contributed by atoms with E-state index >= 15 is 0 Å². The Labute approximate surface area is 134 Å². The van der Waals surface area contributed by atoms with Crippen molar-refractivity contribution in [3.63, 3.8) is 0 Å². The predicted octanol–water partition coefficient (Wildman–Crippen LogP) is 4.05. The molecule has 0 spiro atoms. The second-order valence-corrected chi connectivity index (χ2v) is 5.67. The van der Waals surface area contributed by atoms with Gasteiger partial charge < -0.3 is 0 Å². The van der Waals surface area contributed by atoms with Crippen molar-refractivity contribution in [2.75, 3.05) is 4.90 Å². The van der Waals surface area contributed by atoms with Crippen LogP contribution >= 0.6 is 11.6 Å². The third-order valence-corrected chi connectivity index (χ3v) is 4.13. The van der Waals surface area contributed by atoms with E-state index in [1.165, 1.54) is 4.90 Å². The lowest BCUT2D eigenvalue weighted by molar-refractivity contribution is -0.114. The summed E-state index contributed by atoms with van der Waals surface area (Å²) in [5.41, 5.74) is 0.779. The summed E-state index contributed by atoms with van der Waals surface area (Å²) < 4.78 is 0. The molecule has 3 rings (SSSR count). The molecular formula is C18H13ClN2O. The van der Waals surface area contributed by atoms with Crippen LogP contribution in [0.1, 0.15) is 12.0 Å². The summed E-state index contributed by atoms with van der Waals surface area (Å²) in [5.74, 6) is -0.229. The van der Waals surface area contributed by atoms with E-state index in [1.807, 2.05) is 30.3 Å². The monoisotopic (exact) mass is 308 g/mol. The van der Waals surface area contributed by atoms with E-state index in [9.17, 15) is 10.1 Å². The molecule has 1 unspecified atom stereocenters. The molecule has 4 heteroatoms. The molecular weight excluding hydrogens is 296 g/mol. The molecule has 0 aromatic heterocycles. The molecule has 1 heterocycles. The van der Waals surface area contributed by atoms with E-state index in [1.54, 1.807) is 24.3 Å². The van der Waals surface area contributed by atoms with Gasteiger partial charge in [0.15, 0.2) is 5.54 Å². The van der Waals surface area contributed by atoms with E-state index in [4.69, 9.17) is 11.6 Å². The van der Waals surface area contributed by atoms with Crippen molar-refractivity contribution >= 4 is 23.2 Å². The van der Waals surface area contributed by atoms with Crippen LogP contribution in [-0.4, -0.2) is 5.91 Å². The number of nitriles is 1.